The number of ether oxygens (including phenoxy) is 1. The summed E-state index contributed by atoms with van der Waals surface area (Å²) in [6.45, 7) is 6.96. The lowest BCUT2D eigenvalue weighted by molar-refractivity contribution is 0.200. The third kappa shape index (κ3) is 3.56. The summed E-state index contributed by atoms with van der Waals surface area (Å²) in [7, 11) is 0. The Morgan fingerprint density at radius 3 is 2.72 bits per heavy atom. The monoisotopic (exact) mass is 352 g/mol. The van der Waals surface area contributed by atoms with Crippen molar-refractivity contribution in [2.45, 2.75) is 13.0 Å². The molecule has 2 heterocycles. The number of rotatable bonds is 5. The molecule has 1 aromatic heterocycles. The molecule has 0 amide bonds. The zero-order chi connectivity index (χ0) is 17.1. The van der Waals surface area contributed by atoms with E-state index in [1.807, 2.05) is 24.3 Å². The average molecular weight is 353 g/mol. The summed E-state index contributed by atoms with van der Waals surface area (Å²) in [5.74, 6) is 0.959. The fourth-order valence-electron chi connectivity index (χ4n) is 3.57. The zero-order valence-electron chi connectivity index (χ0n) is 14.6. The van der Waals surface area contributed by atoms with Crippen molar-refractivity contribution in [2.24, 2.45) is 0 Å². The number of hydrogen-bond acceptors (Lipinski definition) is 4. The summed E-state index contributed by atoms with van der Waals surface area (Å²) in [6.07, 6.45) is 0. The van der Waals surface area contributed by atoms with E-state index in [1.165, 1.54) is 20.5 Å². The molecule has 0 aliphatic carbocycles. The van der Waals surface area contributed by atoms with Gasteiger partial charge in [-0.25, -0.2) is 0 Å². The van der Waals surface area contributed by atoms with E-state index in [2.05, 4.69) is 58.7 Å². The van der Waals surface area contributed by atoms with Crippen molar-refractivity contribution in [1.29, 1.82) is 0 Å². The fourth-order valence-corrected chi connectivity index (χ4v) is 4.80. The first-order valence-corrected chi connectivity index (χ1v) is 9.83. The quantitative estimate of drug-likeness (QED) is 0.741. The highest BCUT2D eigenvalue weighted by molar-refractivity contribution is 7.19. The Morgan fingerprint density at radius 2 is 1.92 bits per heavy atom. The van der Waals surface area contributed by atoms with Gasteiger partial charge in [-0.05, 0) is 42.1 Å². The molecule has 0 radical (unpaired) electrons. The molecule has 1 aliphatic rings. The van der Waals surface area contributed by atoms with Gasteiger partial charge in [0.2, 0.25) is 0 Å². The van der Waals surface area contributed by atoms with Crippen LogP contribution in [0, 0.1) is 0 Å². The van der Waals surface area contributed by atoms with Crippen LogP contribution in [0.5, 0.6) is 5.75 Å². The molecular formula is C21H24N2OS. The maximum absolute atomic E-state index is 5.75. The number of fused-ring (bicyclic) bond motifs is 1. The molecule has 1 aliphatic heterocycles. The topological polar surface area (TPSA) is 24.5 Å². The van der Waals surface area contributed by atoms with Crippen molar-refractivity contribution < 1.29 is 4.74 Å². The van der Waals surface area contributed by atoms with Gasteiger partial charge in [-0.1, -0.05) is 30.3 Å². The van der Waals surface area contributed by atoms with Crippen molar-refractivity contribution in [3.05, 3.63) is 65.0 Å². The van der Waals surface area contributed by atoms with Gasteiger partial charge in [0, 0.05) is 35.8 Å². The molecule has 1 saturated heterocycles. The predicted octanol–water partition coefficient (Wildman–Crippen LogP) is 4.29. The van der Waals surface area contributed by atoms with E-state index in [-0.39, 0.29) is 0 Å². The molecule has 130 valence electrons. The van der Waals surface area contributed by atoms with Crippen LogP contribution in [0.2, 0.25) is 0 Å². The van der Waals surface area contributed by atoms with Crippen molar-refractivity contribution >= 4 is 21.4 Å². The van der Waals surface area contributed by atoms with Gasteiger partial charge < -0.3 is 10.1 Å². The maximum atomic E-state index is 5.75. The van der Waals surface area contributed by atoms with E-state index in [1.54, 1.807) is 0 Å². The Balaban J connectivity index is 1.76. The van der Waals surface area contributed by atoms with Crippen molar-refractivity contribution in [2.75, 3.05) is 32.8 Å². The molecule has 1 atom stereocenters. The molecule has 25 heavy (non-hydrogen) atoms. The van der Waals surface area contributed by atoms with Crippen LogP contribution >= 0.6 is 11.3 Å². The Bertz CT molecular complexity index is 806. The van der Waals surface area contributed by atoms with Crippen LogP contribution in [0.1, 0.15) is 23.4 Å². The van der Waals surface area contributed by atoms with E-state index in [4.69, 9.17) is 4.74 Å². The third-order valence-corrected chi connectivity index (χ3v) is 5.88. The number of nitrogens with one attached hydrogen (secondary N) is 1. The second-order valence-corrected chi connectivity index (χ2v) is 7.50. The molecular weight excluding hydrogens is 328 g/mol. The second kappa shape index (κ2) is 7.56. The average Bonchev–Trinajstić information content (AvgIpc) is 3.07. The highest BCUT2D eigenvalue weighted by atomic mass is 32.1. The van der Waals surface area contributed by atoms with Crippen LogP contribution in [-0.4, -0.2) is 37.7 Å². The molecule has 0 spiro atoms. The lowest BCUT2D eigenvalue weighted by atomic mass is 10.0. The summed E-state index contributed by atoms with van der Waals surface area (Å²) in [4.78, 5) is 4.00. The zero-order valence-corrected chi connectivity index (χ0v) is 15.4. The molecule has 0 bridgehead atoms. The van der Waals surface area contributed by atoms with Gasteiger partial charge >= 0.3 is 0 Å². The summed E-state index contributed by atoms with van der Waals surface area (Å²) >= 11 is 1.91. The molecule has 1 fully saturated rings. The van der Waals surface area contributed by atoms with Gasteiger partial charge in [0.25, 0.3) is 0 Å². The Labute approximate surface area is 153 Å². The molecule has 1 N–H and O–H groups in total. The number of thiophene rings is 1. The Kier molecular flexibility index (Phi) is 5.02. The van der Waals surface area contributed by atoms with Crippen LogP contribution in [-0.2, 0) is 0 Å². The molecule has 4 heteroatoms. The highest BCUT2D eigenvalue weighted by Gasteiger charge is 2.25. The van der Waals surface area contributed by atoms with E-state index in [0.29, 0.717) is 12.6 Å². The van der Waals surface area contributed by atoms with Gasteiger partial charge in [-0.15, -0.1) is 11.3 Å². The lowest BCUT2D eigenvalue weighted by Gasteiger charge is -2.34. The molecule has 0 saturated carbocycles. The number of hydrogen-bond donors (Lipinski definition) is 1. The smallest absolute Gasteiger partial charge is 0.119 e. The fraction of sp³-hybridized carbons (Fsp3) is 0.333. The molecule has 3 nitrogen and oxygen atoms in total. The number of piperazine rings is 1. The largest absolute Gasteiger partial charge is 0.494 e. The summed E-state index contributed by atoms with van der Waals surface area (Å²) in [5, 5.41) is 4.80. The van der Waals surface area contributed by atoms with Gasteiger partial charge in [0.1, 0.15) is 5.75 Å². The van der Waals surface area contributed by atoms with Gasteiger partial charge in [-0.2, -0.15) is 0 Å². The van der Waals surface area contributed by atoms with E-state index in [0.717, 1.165) is 31.9 Å². The first-order valence-electron chi connectivity index (χ1n) is 9.01. The summed E-state index contributed by atoms with van der Waals surface area (Å²) in [5.41, 5.74) is 1.32. The minimum absolute atomic E-state index is 0.292. The minimum atomic E-state index is 0.292. The van der Waals surface area contributed by atoms with Gasteiger partial charge in [-0.3, -0.25) is 4.90 Å². The van der Waals surface area contributed by atoms with Crippen LogP contribution < -0.4 is 10.1 Å². The molecule has 4 rings (SSSR count). The Morgan fingerprint density at radius 1 is 1.08 bits per heavy atom. The van der Waals surface area contributed by atoms with Crippen LogP contribution in [0.3, 0.4) is 0 Å². The first kappa shape index (κ1) is 16.6. The first-order chi connectivity index (χ1) is 12.3. The van der Waals surface area contributed by atoms with E-state index in [9.17, 15) is 0 Å². The van der Waals surface area contributed by atoms with E-state index >= 15 is 0 Å². The minimum Gasteiger partial charge on any atom is -0.494 e. The second-order valence-electron chi connectivity index (χ2n) is 6.38. The SMILES string of the molecule is CCOc1cccc(C(c2cc3ccccc3s2)N2CCNCC2)c1. The molecule has 3 aromatic rings. The summed E-state index contributed by atoms with van der Waals surface area (Å²) in [6, 6.07) is 19.9. The highest BCUT2D eigenvalue weighted by Crippen LogP contribution is 2.37. The van der Waals surface area contributed by atoms with Gasteiger partial charge in [0.15, 0.2) is 0 Å². The molecule has 2 aromatic carbocycles. The summed E-state index contributed by atoms with van der Waals surface area (Å²) < 4.78 is 7.11. The van der Waals surface area contributed by atoms with Gasteiger partial charge in [0.05, 0.1) is 12.6 Å². The maximum Gasteiger partial charge on any atom is 0.119 e. The molecule has 1 unspecified atom stereocenters. The third-order valence-electron chi connectivity index (χ3n) is 4.72. The van der Waals surface area contributed by atoms with Crippen LogP contribution in [0.15, 0.2) is 54.6 Å². The van der Waals surface area contributed by atoms with Crippen molar-refractivity contribution in [3.8, 4) is 5.75 Å². The number of nitrogens with zero attached hydrogens (tertiary/aromatic N) is 1. The Hall–Kier alpha value is -1.88. The standard InChI is InChI=1S/C21H24N2OS/c1-2-24-18-8-5-7-17(14-18)21(23-12-10-22-11-13-23)20-15-16-6-3-4-9-19(16)25-20/h3-9,14-15,21-22H,2,10-13H2,1H3. The van der Waals surface area contributed by atoms with Crippen molar-refractivity contribution in [3.63, 3.8) is 0 Å². The van der Waals surface area contributed by atoms with E-state index < -0.39 is 0 Å². The van der Waals surface area contributed by atoms with Crippen LogP contribution in [0.4, 0.5) is 0 Å². The normalized spacial score (nSPS) is 16.8. The van der Waals surface area contributed by atoms with Crippen LogP contribution in [0.25, 0.3) is 10.1 Å². The predicted molar refractivity (Wildman–Crippen MR) is 106 cm³/mol. The number of benzene rings is 2. The van der Waals surface area contributed by atoms with Crippen molar-refractivity contribution in [1.82, 2.24) is 10.2 Å². The lowest BCUT2D eigenvalue weighted by Crippen LogP contribution is -2.45.